The predicted molar refractivity (Wildman–Crippen MR) is 110 cm³/mol. The molecule has 0 aromatic rings. The highest BCUT2D eigenvalue weighted by Crippen LogP contribution is 2.52. The van der Waals surface area contributed by atoms with Gasteiger partial charge in [-0.25, -0.2) is 0 Å². The maximum Gasteiger partial charge on any atom is 0.236 e. The lowest BCUT2D eigenvalue weighted by atomic mass is 9.57. The molecule has 1 aliphatic carbocycles. The van der Waals surface area contributed by atoms with Crippen LogP contribution >= 0.6 is 0 Å². The van der Waals surface area contributed by atoms with E-state index >= 15 is 0 Å². The van der Waals surface area contributed by atoms with E-state index in [1.165, 1.54) is 6.42 Å². The molecule has 7 nitrogen and oxygen atoms in total. The number of amides is 1. The normalized spacial score (nSPS) is 33.4. The Hall–Kier alpha value is -1.34. The van der Waals surface area contributed by atoms with Crippen molar-refractivity contribution in [1.82, 2.24) is 20.0 Å². The molecule has 3 aliphatic heterocycles. The van der Waals surface area contributed by atoms with Crippen molar-refractivity contribution in [1.29, 1.82) is 0 Å². The Morgan fingerprint density at radius 2 is 1.79 bits per heavy atom. The molecule has 4 aliphatic rings. The summed E-state index contributed by atoms with van der Waals surface area (Å²) in [4.78, 5) is 23.8. The highest BCUT2D eigenvalue weighted by atomic mass is 16.5. The Morgan fingerprint density at radius 1 is 1.07 bits per heavy atom. The van der Waals surface area contributed by atoms with Crippen LogP contribution in [0.1, 0.15) is 39.5 Å². The average molecular weight is 392 g/mol. The number of ether oxygens (including phenoxy) is 1. The standard InChI is InChI=1S/C21H37N5O2/c1-21(2)18(16-7-14-28-19(16)21)23-20(22-3)26-12-10-24(11-13-26)15-17(27)25-8-5-4-6-9-25/h16,18-19H,4-15H2,1-3H3,(H,22,23). The number of guanidine groups is 1. The zero-order chi connectivity index (χ0) is 19.7. The number of hydrogen-bond acceptors (Lipinski definition) is 4. The maximum atomic E-state index is 12.5. The topological polar surface area (TPSA) is 60.4 Å². The highest BCUT2D eigenvalue weighted by Gasteiger charge is 2.59. The second-order valence-electron chi connectivity index (χ2n) is 9.44. The van der Waals surface area contributed by atoms with Crippen molar-refractivity contribution in [2.24, 2.45) is 16.3 Å². The molecule has 1 amide bonds. The number of rotatable bonds is 3. The number of fused-ring (bicyclic) bond motifs is 1. The highest BCUT2D eigenvalue weighted by molar-refractivity contribution is 5.81. The van der Waals surface area contributed by atoms with E-state index in [0.29, 0.717) is 30.5 Å². The van der Waals surface area contributed by atoms with Crippen molar-refractivity contribution >= 4 is 11.9 Å². The predicted octanol–water partition coefficient (Wildman–Crippen LogP) is 1.01. The molecule has 0 spiro atoms. The largest absolute Gasteiger partial charge is 0.377 e. The van der Waals surface area contributed by atoms with Crippen molar-refractivity contribution in [3.05, 3.63) is 0 Å². The van der Waals surface area contributed by atoms with Crippen molar-refractivity contribution in [2.45, 2.75) is 51.7 Å². The van der Waals surface area contributed by atoms with Crippen LogP contribution in [0.25, 0.3) is 0 Å². The van der Waals surface area contributed by atoms with Gasteiger partial charge in [0, 0.05) is 70.3 Å². The van der Waals surface area contributed by atoms with Gasteiger partial charge in [-0.15, -0.1) is 0 Å². The fraction of sp³-hybridized carbons (Fsp3) is 0.905. The van der Waals surface area contributed by atoms with Crippen molar-refractivity contribution in [3.8, 4) is 0 Å². The molecule has 4 rings (SSSR count). The van der Waals surface area contributed by atoms with E-state index in [2.05, 4.69) is 38.9 Å². The Labute approximate surface area is 169 Å². The van der Waals surface area contributed by atoms with Gasteiger partial charge in [-0.05, 0) is 25.7 Å². The van der Waals surface area contributed by atoms with Gasteiger partial charge >= 0.3 is 0 Å². The van der Waals surface area contributed by atoms with E-state index in [9.17, 15) is 4.79 Å². The Balaban J connectivity index is 1.26. The number of likely N-dealkylation sites (tertiary alicyclic amines) is 1. The average Bonchev–Trinajstić information content (AvgIpc) is 3.17. The molecule has 3 atom stereocenters. The van der Waals surface area contributed by atoms with E-state index in [4.69, 9.17) is 4.74 Å². The first kappa shape index (κ1) is 20.0. The van der Waals surface area contributed by atoms with Gasteiger partial charge in [0.25, 0.3) is 0 Å². The lowest BCUT2D eigenvalue weighted by Gasteiger charge is -2.55. The molecule has 0 radical (unpaired) electrons. The lowest BCUT2D eigenvalue weighted by molar-refractivity contribution is -0.133. The monoisotopic (exact) mass is 391 g/mol. The van der Waals surface area contributed by atoms with Crippen LogP contribution in [0.4, 0.5) is 0 Å². The first-order chi connectivity index (χ1) is 13.5. The Morgan fingerprint density at radius 3 is 2.46 bits per heavy atom. The second kappa shape index (κ2) is 8.19. The molecule has 7 heteroatoms. The number of piperidine rings is 1. The Kier molecular flexibility index (Phi) is 5.83. The summed E-state index contributed by atoms with van der Waals surface area (Å²) in [5, 5.41) is 3.74. The van der Waals surface area contributed by atoms with Gasteiger partial charge in [-0.3, -0.25) is 14.7 Å². The van der Waals surface area contributed by atoms with Gasteiger partial charge in [0.1, 0.15) is 0 Å². The summed E-state index contributed by atoms with van der Waals surface area (Å²) in [5.41, 5.74) is 0.153. The van der Waals surface area contributed by atoms with Gasteiger partial charge in [0.2, 0.25) is 5.91 Å². The summed E-state index contributed by atoms with van der Waals surface area (Å²) in [6.45, 7) is 11.6. The van der Waals surface area contributed by atoms with E-state index in [1.807, 2.05) is 7.05 Å². The molecular formula is C21H37N5O2. The molecule has 0 bridgehead atoms. The molecule has 3 unspecified atom stereocenters. The van der Waals surface area contributed by atoms with Crippen LogP contribution in [0.3, 0.4) is 0 Å². The SMILES string of the molecule is CN=C(NC1C2CCOC2C1(C)C)N1CCN(CC(=O)N2CCCCC2)CC1. The van der Waals surface area contributed by atoms with Gasteiger partial charge in [-0.1, -0.05) is 13.8 Å². The number of carbonyl (C=O) groups is 1. The maximum absolute atomic E-state index is 12.5. The molecule has 0 aromatic carbocycles. The van der Waals surface area contributed by atoms with Crippen LogP contribution < -0.4 is 5.32 Å². The van der Waals surface area contributed by atoms with Crippen molar-refractivity contribution in [3.63, 3.8) is 0 Å². The zero-order valence-corrected chi connectivity index (χ0v) is 17.8. The van der Waals surface area contributed by atoms with Crippen molar-refractivity contribution < 1.29 is 9.53 Å². The summed E-state index contributed by atoms with van der Waals surface area (Å²) >= 11 is 0. The third-order valence-corrected chi connectivity index (χ3v) is 7.34. The zero-order valence-electron chi connectivity index (χ0n) is 17.8. The number of carbonyl (C=O) groups excluding carboxylic acids is 1. The second-order valence-corrected chi connectivity index (χ2v) is 9.44. The number of piperazine rings is 1. The van der Waals surface area contributed by atoms with Gasteiger partial charge < -0.3 is 19.9 Å². The summed E-state index contributed by atoms with van der Waals surface area (Å²) in [6.07, 6.45) is 5.12. The molecule has 3 heterocycles. The van der Waals surface area contributed by atoms with Crippen molar-refractivity contribution in [2.75, 3.05) is 59.5 Å². The number of aliphatic imine (C=N–C) groups is 1. The summed E-state index contributed by atoms with van der Waals surface area (Å²) in [6, 6.07) is 0.428. The molecule has 28 heavy (non-hydrogen) atoms. The molecule has 0 aromatic heterocycles. The van der Waals surface area contributed by atoms with Crippen LogP contribution in [0.2, 0.25) is 0 Å². The minimum absolute atomic E-state index is 0.153. The molecule has 1 saturated carbocycles. The van der Waals surface area contributed by atoms with Crippen LogP contribution in [0, 0.1) is 11.3 Å². The number of hydrogen-bond donors (Lipinski definition) is 1. The summed E-state index contributed by atoms with van der Waals surface area (Å²) in [5.74, 6) is 1.92. The summed E-state index contributed by atoms with van der Waals surface area (Å²) < 4.78 is 5.92. The van der Waals surface area contributed by atoms with E-state index in [1.54, 1.807) is 0 Å². The molecular weight excluding hydrogens is 354 g/mol. The first-order valence-corrected chi connectivity index (χ1v) is 11.1. The van der Waals surface area contributed by atoms with E-state index in [-0.39, 0.29) is 5.41 Å². The molecule has 4 fully saturated rings. The van der Waals surface area contributed by atoms with Gasteiger partial charge in [0.15, 0.2) is 5.96 Å². The minimum Gasteiger partial charge on any atom is -0.377 e. The third kappa shape index (κ3) is 3.75. The van der Waals surface area contributed by atoms with Crippen LogP contribution in [0.15, 0.2) is 4.99 Å². The number of nitrogens with zero attached hydrogens (tertiary/aromatic N) is 4. The molecule has 1 N–H and O–H groups in total. The molecule has 158 valence electrons. The van der Waals surface area contributed by atoms with Gasteiger partial charge in [-0.2, -0.15) is 0 Å². The van der Waals surface area contributed by atoms with Crippen LogP contribution in [-0.2, 0) is 9.53 Å². The smallest absolute Gasteiger partial charge is 0.236 e. The van der Waals surface area contributed by atoms with Crippen LogP contribution in [0.5, 0.6) is 0 Å². The third-order valence-electron chi connectivity index (χ3n) is 7.34. The first-order valence-electron chi connectivity index (χ1n) is 11.1. The summed E-state index contributed by atoms with van der Waals surface area (Å²) in [7, 11) is 1.88. The van der Waals surface area contributed by atoms with E-state index in [0.717, 1.165) is 71.1 Å². The lowest BCUT2D eigenvalue weighted by Crippen LogP contribution is -2.68. The van der Waals surface area contributed by atoms with E-state index < -0.39 is 0 Å². The fourth-order valence-corrected chi connectivity index (χ4v) is 5.61. The minimum atomic E-state index is 0.153. The fourth-order valence-electron chi connectivity index (χ4n) is 5.61. The van der Waals surface area contributed by atoms with Gasteiger partial charge in [0.05, 0.1) is 12.6 Å². The Bertz CT molecular complexity index is 594. The van der Waals surface area contributed by atoms with Crippen LogP contribution in [-0.4, -0.2) is 98.2 Å². The quantitative estimate of drug-likeness (QED) is 0.575. The molecule has 3 saturated heterocycles. The number of nitrogens with one attached hydrogen (secondary N) is 1.